The van der Waals surface area contributed by atoms with E-state index in [-0.39, 0.29) is 0 Å². The van der Waals surface area contributed by atoms with Gasteiger partial charge in [-0.2, -0.15) is 0 Å². The number of nitrogens with one attached hydrogen (secondary N) is 2. The van der Waals surface area contributed by atoms with Crippen LogP contribution in [-0.2, 0) is 0 Å². The number of hydrogen-bond donors (Lipinski definition) is 3. The van der Waals surface area contributed by atoms with Crippen molar-refractivity contribution in [2.45, 2.75) is 6.92 Å². The molecule has 4 N–H and O–H groups in total. The zero-order valence-electron chi connectivity index (χ0n) is 14.6. The van der Waals surface area contributed by atoms with E-state index in [0.717, 1.165) is 32.4 Å². The number of aryl methyl sites for hydroxylation is 1. The quantitative estimate of drug-likeness (QED) is 0.422. The van der Waals surface area contributed by atoms with E-state index in [4.69, 9.17) is 5.73 Å². The lowest BCUT2D eigenvalue weighted by molar-refractivity contribution is 1.17. The Labute approximate surface area is 165 Å². The Balaban J connectivity index is 1.69. The number of nitrogen functional groups attached to an aromatic ring is 1. The molecule has 134 valence electrons. The van der Waals surface area contributed by atoms with Crippen LogP contribution in [0, 0.1) is 6.92 Å². The molecule has 4 aromatic rings. The summed E-state index contributed by atoms with van der Waals surface area (Å²) in [5.74, 6) is 1.06. The summed E-state index contributed by atoms with van der Waals surface area (Å²) in [6, 6.07) is 17.8. The van der Waals surface area contributed by atoms with Gasteiger partial charge in [-0.05, 0) is 37.3 Å². The molecule has 0 saturated heterocycles. The van der Waals surface area contributed by atoms with Crippen molar-refractivity contribution in [2.24, 2.45) is 0 Å². The maximum atomic E-state index is 6.31. The molecule has 2 aromatic carbocycles. The summed E-state index contributed by atoms with van der Waals surface area (Å²) in [7, 11) is 0. The van der Waals surface area contributed by atoms with E-state index < -0.39 is 0 Å². The highest BCUT2D eigenvalue weighted by atomic mass is 79.9. The highest BCUT2D eigenvalue weighted by Gasteiger charge is 2.11. The van der Waals surface area contributed by atoms with E-state index in [0.29, 0.717) is 17.3 Å². The molecule has 0 spiro atoms. The van der Waals surface area contributed by atoms with Crippen LogP contribution in [0.25, 0.3) is 10.9 Å². The topological polar surface area (TPSA) is 88.8 Å². The molecular weight excluding hydrogens is 404 g/mol. The molecule has 2 aromatic heterocycles. The molecular formula is C20H17BrN6. The molecule has 0 aliphatic carbocycles. The lowest BCUT2D eigenvalue weighted by atomic mass is 10.1. The first kappa shape index (κ1) is 17.2. The minimum Gasteiger partial charge on any atom is -0.393 e. The van der Waals surface area contributed by atoms with Gasteiger partial charge in [0.2, 0.25) is 0 Å². The van der Waals surface area contributed by atoms with Crippen molar-refractivity contribution in [3.05, 3.63) is 71.1 Å². The third kappa shape index (κ3) is 3.68. The van der Waals surface area contributed by atoms with E-state index >= 15 is 0 Å². The average Bonchev–Trinajstić information content (AvgIpc) is 2.65. The molecule has 0 bridgehead atoms. The first-order valence-corrected chi connectivity index (χ1v) is 9.16. The molecule has 0 fully saturated rings. The fourth-order valence-corrected chi connectivity index (χ4v) is 3.17. The summed E-state index contributed by atoms with van der Waals surface area (Å²) in [5.41, 5.74) is 10.3. The number of aromatic nitrogens is 3. The largest absolute Gasteiger partial charge is 0.393 e. The van der Waals surface area contributed by atoms with E-state index in [1.54, 1.807) is 0 Å². The second kappa shape index (κ2) is 7.20. The van der Waals surface area contributed by atoms with Crippen molar-refractivity contribution in [2.75, 3.05) is 16.4 Å². The minimum atomic E-state index is 0.433. The Morgan fingerprint density at radius 1 is 0.926 bits per heavy atom. The zero-order valence-corrected chi connectivity index (χ0v) is 16.2. The second-order valence-electron chi connectivity index (χ2n) is 6.07. The first-order chi connectivity index (χ1) is 13.1. The molecule has 0 saturated carbocycles. The van der Waals surface area contributed by atoms with Gasteiger partial charge >= 0.3 is 0 Å². The van der Waals surface area contributed by atoms with Gasteiger partial charge < -0.3 is 16.4 Å². The number of nitrogens with zero attached hydrogens (tertiary/aromatic N) is 3. The van der Waals surface area contributed by atoms with Gasteiger partial charge in [-0.15, -0.1) is 0 Å². The summed E-state index contributed by atoms with van der Waals surface area (Å²) in [4.78, 5) is 13.2. The van der Waals surface area contributed by atoms with Crippen LogP contribution < -0.4 is 16.4 Å². The number of halogens is 1. The van der Waals surface area contributed by atoms with Crippen LogP contribution in [-0.4, -0.2) is 15.0 Å². The number of fused-ring (bicyclic) bond motifs is 1. The molecule has 0 aliphatic heterocycles. The Morgan fingerprint density at radius 2 is 1.70 bits per heavy atom. The van der Waals surface area contributed by atoms with Gasteiger partial charge in [0, 0.05) is 21.2 Å². The summed E-state index contributed by atoms with van der Waals surface area (Å²) in [6.45, 7) is 1.97. The third-order valence-electron chi connectivity index (χ3n) is 4.08. The Bertz CT molecular complexity index is 1130. The van der Waals surface area contributed by atoms with Crippen molar-refractivity contribution in [1.29, 1.82) is 0 Å². The number of benzene rings is 2. The molecule has 4 rings (SSSR count). The fraction of sp³-hybridized carbons (Fsp3) is 0.0500. The lowest BCUT2D eigenvalue weighted by Gasteiger charge is -2.14. The standard InChI is InChI=1S/C20H17BrN6/c1-12-8-9-13-4-2-7-16(18(13)25-12)27-20-17(22)19(23-11-24-20)26-15-6-3-5-14(21)10-15/h2-11H,22H2,1H3,(H2,23,24,26,27). The van der Waals surface area contributed by atoms with Crippen molar-refractivity contribution in [3.63, 3.8) is 0 Å². The van der Waals surface area contributed by atoms with Gasteiger partial charge in [-0.3, -0.25) is 4.98 Å². The number of anilines is 5. The molecule has 0 unspecified atom stereocenters. The van der Waals surface area contributed by atoms with Crippen molar-refractivity contribution in [1.82, 2.24) is 15.0 Å². The van der Waals surface area contributed by atoms with Gasteiger partial charge in [0.25, 0.3) is 0 Å². The Hall–Kier alpha value is -3.19. The molecule has 2 heterocycles. The van der Waals surface area contributed by atoms with Gasteiger partial charge in [0.1, 0.15) is 12.0 Å². The van der Waals surface area contributed by atoms with Crippen LogP contribution in [0.5, 0.6) is 0 Å². The highest BCUT2D eigenvalue weighted by Crippen LogP contribution is 2.31. The normalized spacial score (nSPS) is 10.7. The Morgan fingerprint density at radius 3 is 2.52 bits per heavy atom. The average molecular weight is 421 g/mol. The molecule has 6 nitrogen and oxygen atoms in total. The SMILES string of the molecule is Cc1ccc2cccc(Nc3ncnc(Nc4cccc(Br)c4)c3N)c2n1. The molecule has 0 radical (unpaired) electrons. The van der Waals surface area contributed by atoms with Crippen molar-refractivity contribution in [3.8, 4) is 0 Å². The third-order valence-corrected chi connectivity index (χ3v) is 4.58. The van der Waals surface area contributed by atoms with Crippen LogP contribution in [0.15, 0.2) is 65.4 Å². The molecule has 27 heavy (non-hydrogen) atoms. The van der Waals surface area contributed by atoms with E-state index in [2.05, 4.69) is 41.5 Å². The smallest absolute Gasteiger partial charge is 0.159 e. The van der Waals surface area contributed by atoms with Crippen LogP contribution in [0.2, 0.25) is 0 Å². The number of para-hydroxylation sites is 1. The highest BCUT2D eigenvalue weighted by molar-refractivity contribution is 9.10. The van der Waals surface area contributed by atoms with Gasteiger partial charge in [0.15, 0.2) is 11.6 Å². The molecule has 0 amide bonds. The Kier molecular flexibility index (Phi) is 4.60. The van der Waals surface area contributed by atoms with E-state index in [1.165, 1.54) is 6.33 Å². The van der Waals surface area contributed by atoms with Crippen molar-refractivity contribution < 1.29 is 0 Å². The van der Waals surface area contributed by atoms with Crippen LogP contribution >= 0.6 is 15.9 Å². The predicted molar refractivity (Wildman–Crippen MR) is 114 cm³/mol. The molecule has 0 aliphatic rings. The summed E-state index contributed by atoms with van der Waals surface area (Å²) in [6.07, 6.45) is 1.48. The fourth-order valence-electron chi connectivity index (χ4n) is 2.77. The maximum Gasteiger partial charge on any atom is 0.159 e. The van der Waals surface area contributed by atoms with Gasteiger partial charge in [-0.25, -0.2) is 9.97 Å². The number of nitrogens with two attached hydrogens (primary N) is 1. The number of hydrogen-bond acceptors (Lipinski definition) is 6. The monoisotopic (exact) mass is 420 g/mol. The molecule has 7 heteroatoms. The van der Waals surface area contributed by atoms with Crippen LogP contribution in [0.1, 0.15) is 5.69 Å². The number of rotatable bonds is 4. The summed E-state index contributed by atoms with van der Waals surface area (Å²) >= 11 is 3.46. The van der Waals surface area contributed by atoms with E-state index in [9.17, 15) is 0 Å². The number of pyridine rings is 1. The lowest BCUT2D eigenvalue weighted by Crippen LogP contribution is -2.05. The zero-order chi connectivity index (χ0) is 18.8. The van der Waals surface area contributed by atoms with Crippen LogP contribution in [0.3, 0.4) is 0 Å². The first-order valence-electron chi connectivity index (χ1n) is 8.36. The minimum absolute atomic E-state index is 0.433. The summed E-state index contributed by atoms with van der Waals surface area (Å²) < 4.78 is 0.968. The molecule has 0 atom stereocenters. The second-order valence-corrected chi connectivity index (χ2v) is 6.99. The van der Waals surface area contributed by atoms with Crippen LogP contribution in [0.4, 0.5) is 28.7 Å². The van der Waals surface area contributed by atoms with E-state index in [1.807, 2.05) is 61.5 Å². The van der Waals surface area contributed by atoms with Gasteiger partial charge in [-0.1, -0.05) is 40.2 Å². The van der Waals surface area contributed by atoms with Crippen molar-refractivity contribution >= 4 is 55.5 Å². The summed E-state index contributed by atoms with van der Waals surface area (Å²) in [5, 5.41) is 7.56. The maximum absolute atomic E-state index is 6.31. The predicted octanol–water partition coefficient (Wildman–Crippen LogP) is 5.17. The van der Waals surface area contributed by atoms with Gasteiger partial charge in [0.05, 0.1) is 11.2 Å².